The maximum Gasteiger partial charge on any atom is 0.0545 e. The molecule has 144 valence electrons. The molecule has 9 unspecified atom stereocenters. The van der Waals surface area contributed by atoms with Crippen LogP contribution in [0.4, 0.5) is 0 Å². The van der Waals surface area contributed by atoms with Crippen molar-refractivity contribution in [2.24, 2.45) is 46.8 Å². The summed E-state index contributed by atoms with van der Waals surface area (Å²) in [5, 5.41) is 10.5. The van der Waals surface area contributed by atoms with Crippen molar-refractivity contribution in [1.82, 2.24) is 0 Å². The van der Waals surface area contributed by atoms with E-state index >= 15 is 0 Å². The Balaban J connectivity index is 1.55. The lowest BCUT2D eigenvalue weighted by atomic mass is 9.45. The van der Waals surface area contributed by atoms with Crippen LogP contribution in [0.25, 0.3) is 0 Å². The van der Waals surface area contributed by atoms with E-state index in [0.29, 0.717) is 11.3 Å². The normalized spacial score (nSPS) is 51.6. The van der Waals surface area contributed by atoms with Gasteiger partial charge in [-0.25, -0.2) is 0 Å². The van der Waals surface area contributed by atoms with E-state index in [1.807, 2.05) is 0 Å². The molecule has 1 heteroatoms. The third-order valence-corrected chi connectivity index (χ3v) is 9.78. The number of hydrogen-bond acceptors (Lipinski definition) is 1. The van der Waals surface area contributed by atoms with Gasteiger partial charge < -0.3 is 5.11 Å². The largest absolute Gasteiger partial charge is 0.393 e. The molecule has 0 aliphatic heterocycles. The van der Waals surface area contributed by atoms with Crippen molar-refractivity contribution < 1.29 is 5.11 Å². The Kier molecular flexibility index (Phi) is 5.26. The van der Waals surface area contributed by atoms with E-state index < -0.39 is 0 Å². The van der Waals surface area contributed by atoms with Gasteiger partial charge in [-0.1, -0.05) is 39.5 Å². The molecule has 0 radical (unpaired) electrons. The van der Waals surface area contributed by atoms with E-state index in [0.717, 1.165) is 35.5 Å². The fourth-order valence-corrected chi connectivity index (χ4v) is 8.57. The minimum atomic E-state index is -0.108. The highest BCUT2D eigenvalue weighted by molar-refractivity contribution is 5.05. The Morgan fingerprint density at radius 1 is 0.920 bits per heavy atom. The van der Waals surface area contributed by atoms with Gasteiger partial charge in [0, 0.05) is 0 Å². The highest BCUT2D eigenvalue weighted by atomic mass is 16.3. The zero-order valence-electron chi connectivity index (χ0n) is 17.1. The molecule has 0 aromatic carbocycles. The topological polar surface area (TPSA) is 20.2 Å². The van der Waals surface area contributed by atoms with Crippen molar-refractivity contribution in [2.75, 3.05) is 0 Å². The predicted octanol–water partition coefficient (Wildman–Crippen LogP) is 6.44. The fourth-order valence-electron chi connectivity index (χ4n) is 8.57. The quantitative estimate of drug-likeness (QED) is 0.610. The van der Waals surface area contributed by atoms with Gasteiger partial charge >= 0.3 is 0 Å². The fraction of sp³-hybridized carbons (Fsp3) is 1.00. The smallest absolute Gasteiger partial charge is 0.0545 e. The zero-order valence-corrected chi connectivity index (χ0v) is 17.1. The summed E-state index contributed by atoms with van der Waals surface area (Å²) in [5.41, 5.74) is 0.428. The van der Waals surface area contributed by atoms with E-state index in [2.05, 4.69) is 20.8 Å². The average Bonchev–Trinajstić information content (AvgIpc) is 2.82. The summed E-state index contributed by atoms with van der Waals surface area (Å²) >= 11 is 0. The summed E-state index contributed by atoms with van der Waals surface area (Å²) in [6.07, 6.45) is 17.4. The van der Waals surface area contributed by atoms with E-state index in [-0.39, 0.29) is 6.10 Å². The second kappa shape index (κ2) is 7.17. The first-order chi connectivity index (χ1) is 12.0. The summed E-state index contributed by atoms with van der Waals surface area (Å²) in [4.78, 5) is 0. The van der Waals surface area contributed by atoms with Crippen molar-refractivity contribution in [3.63, 3.8) is 0 Å². The van der Waals surface area contributed by atoms with E-state index in [1.54, 1.807) is 6.42 Å². The van der Waals surface area contributed by atoms with Gasteiger partial charge in [-0.2, -0.15) is 0 Å². The number of rotatable bonds is 2. The lowest BCUT2D eigenvalue weighted by Crippen LogP contribution is -2.53. The Bertz CT molecular complexity index is 457. The molecule has 25 heavy (non-hydrogen) atoms. The van der Waals surface area contributed by atoms with Gasteiger partial charge in [-0.3, -0.25) is 0 Å². The van der Waals surface area contributed by atoms with Crippen LogP contribution in [0.5, 0.6) is 0 Å². The standard InChI is InChI=1S/C24H42O/c1-4-17-7-5-8-19-18(15-17)11-12-21-20(19)13-14-24(3)22(16(2)25)9-6-10-23(21)24/h16-23,25H,4-15H2,1-3H3. The average molecular weight is 347 g/mol. The summed E-state index contributed by atoms with van der Waals surface area (Å²) in [5.74, 6) is 6.60. The van der Waals surface area contributed by atoms with Gasteiger partial charge in [0.1, 0.15) is 0 Å². The molecule has 4 aliphatic rings. The molecular weight excluding hydrogens is 304 g/mol. The highest BCUT2D eigenvalue weighted by Crippen LogP contribution is 2.63. The van der Waals surface area contributed by atoms with E-state index in [4.69, 9.17) is 0 Å². The number of hydrogen-bond donors (Lipinski definition) is 1. The van der Waals surface area contributed by atoms with Crippen LogP contribution in [0.3, 0.4) is 0 Å². The Morgan fingerprint density at radius 3 is 2.48 bits per heavy atom. The molecule has 0 heterocycles. The van der Waals surface area contributed by atoms with Gasteiger partial charge in [0.2, 0.25) is 0 Å². The van der Waals surface area contributed by atoms with Crippen molar-refractivity contribution in [1.29, 1.82) is 0 Å². The molecule has 0 aromatic heterocycles. The van der Waals surface area contributed by atoms with Crippen LogP contribution in [0, 0.1) is 46.8 Å². The SMILES string of the molecule is CCC1CCCC2C(CCC3C2CCC2(C)C(C(C)O)CCCC32)C1. The second-order valence-corrected chi connectivity index (χ2v) is 10.7. The molecule has 0 spiro atoms. The van der Waals surface area contributed by atoms with Gasteiger partial charge in [-0.15, -0.1) is 0 Å². The first-order valence-electron chi connectivity index (χ1n) is 11.7. The minimum Gasteiger partial charge on any atom is -0.393 e. The Labute approximate surface area is 156 Å². The summed E-state index contributed by atoms with van der Waals surface area (Å²) < 4.78 is 0. The number of fused-ring (bicyclic) bond motifs is 5. The lowest BCUT2D eigenvalue weighted by Gasteiger charge is -2.60. The van der Waals surface area contributed by atoms with Gasteiger partial charge in [0.05, 0.1) is 6.10 Å². The molecule has 0 saturated heterocycles. The maximum absolute atomic E-state index is 10.5. The monoisotopic (exact) mass is 346 g/mol. The first-order valence-corrected chi connectivity index (χ1v) is 11.7. The number of aliphatic hydroxyl groups is 1. The van der Waals surface area contributed by atoms with Crippen LogP contribution in [0.15, 0.2) is 0 Å². The van der Waals surface area contributed by atoms with Gasteiger partial charge in [0.25, 0.3) is 0 Å². The third kappa shape index (κ3) is 3.11. The molecule has 0 bridgehead atoms. The van der Waals surface area contributed by atoms with Crippen molar-refractivity contribution in [3.8, 4) is 0 Å². The van der Waals surface area contributed by atoms with Gasteiger partial charge in [-0.05, 0) is 105 Å². The molecule has 0 amide bonds. The van der Waals surface area contributed by atoms with Crippen molar-refractivity contribution in [2.45, 2.75) is 104 Å². The third-order valence-electron chi connectivity index (χ3n) is 9.78. The maximum atomic E-state index is 10.5. The summed E-state index contributed by atoms with van der Waals surface area (Å²) in [6.45, 7) is 7.05. The Morgan fingerprint density at radius 2 is 1.72 bits per heavy atom. The molecule has 9 atom stereocenters. The van der Waals surface area contributed by atoms with Crippen LogP contribution in [0.2, 0.25) is 0 Å². The number of aliphatic hydroxyl groups excluding tert-OH is 1. The summed E-state index contributed by atoms with van der Waals surface area (Å²) in [6, 6.07) is 0. The molecular formula is C24H42O. The summed E-state index contributed by atoms with van der Waals surface area (Å²) in [7, 11) is 0. The molecule has 4 fully saturated rings. The molecule has 4 aliphatic carbocycles. The predicted molar refractivity (Wildman–Crippen MR) is 105 cm³/mol. The molecule has 4 rings (SSSR count). The Hall–Kier alpha value is -0.0400. The van der Waals surface area contributed by atoms with E-state index in [9.17, 15) is 5.11 Å². The second-order valence-electron chi connectivity index (χ2n) is 10.7. The van der Waals surface area contributed by atoms with Crippen LogP contribution >= 0.6 is 0 Å². The molecule has 1 nitrogen and oxygen atoms in total. The van der Waals surface area contributed by atoms with E-state index in [1.165, 1.54) is 70.6 Å². The van der Waals surface area contributed by atoms with Crippen LogP contribution in [-0.2, 0) is 0 Å². The van der Waals surface area contributed by atoms with Crippen LogP contribution < -0.4 is 0 Å². The van der Waals surface area contributed by atoms with Crippen molar-refractivity contribution in [3.05, 3.63) is 0 Å². The van der Waals surface area contributed by atoms with Gasteiger partial charge in [0.15, 0.2) is 0 Å². The molecule has 1 N–H and O–H groups in total. The molecule has 0 aromatic rings. The lowest BCUT2D eigenvalue weighted by molar-refractivity contribution is -0.126. The van der Waals surface area contributed by atoms with Crippen molar-refractivity contribution >= 4 is 0 Å². The minimum absolute atomic E-state index is 0.108. The van der Waals surface area contributed by atoms with Crippen LogP contribution in [0.1, 0.15) is 97.8 Å². The highest BCUT2D eigenvalue weighted by Gasteiger charge is 2.55. The zero-order chi connectivity index (χ0) is 17.6. The van der Waals surface area contributed by atoms with Crippen LogP contribution in [-0.4, -0.2) is 11.2 Å². The molecule has 4 saturated carbocycles. The first kappa shape index (κ1) is 18.3.